The van der Waals surface area contributed by atoms with E-state index in [1.807, 2.05) is 51.1 Å². The number of nitrogens with zero attached hydrogens (tertiary/aromatic N) is 2. The molecule has 3 heterocycles. The molecule has 0 spiro atoms. The minimum absolute atomic E-state index is 0.0912. The van der Waals surface area contributed by atoms with E-state index in [1.165, 1.54) is 27.6 Å². The quantitative estimate of drug-likeness (QED) is 0.376. The van der Waals surface area contributed by atoms with Crippen molar-refractivity contribution in [3.05, 3.63) is 92.4 Å². The van der Waals surface area contributed by atoms with Crippen molar-refractivity contribution in [2.24, 2.45) is 0 Å². The van der Waals surface area contributed by atoms with Crippen LogP contribution in [0.3, 0.4) is 0 Å². The van der Waals surface area contributed by atoms with Crippen molar-refractivity contribution in [3.63, 3.8) is 0 Å². The van der Waals surface area contributed by atoms with Crippen LogP contribution in [0, 0.1) is 20.8 Å². The predicted molar refractivity (Wildman–Crippen MR) is 129 cm³/mol. The number of aryl methyl sites for hydroxylation is 3. The molecule has 1 aliphatic rings. The zero-order valence-corrected chi connectivity index (χ0v) is 19.4. The molecule has 0 unspecified atom stereocenters. The maximum Gasteiger partial charge on any atom is 0.296 e. The van der Waals surface area contributed by atoms with E-state index in [0.29, 0.717) is 10.0 Å². The number of ketones is 1. The van der Waals surface area contributed by atoms with E-state index in [0.717, 1.165) is 32.5 Å². The third-order valence-corrected chi connectivity index (χ3v) is 7.49. The second kappa shape index (κ2) is 7.69. The molecule has 160 valence electrons. The zero-order valence-electron chi connectivity index (χ0n) is 17.7. The maximum absolute atomic E-state index is 13.4. The number of rotatable bonds is 4. The summed E-state index contributed by atoms with van der Waals surface area (Å²) in [6, 6.07) is 14.5. The van der Waals surface area contributed by atoms with E-state index >= 15 is 0 Å². The second-order valence-corrected chi connectivity index (χ2v) is 9.94. The van der Waals surface area contributed by atoms with E-state index in [9.17, 15) is 14.7 Å². The summed E-state index contributed by atoms with van der Waals surface area (Å²) in [5.41, 5.74) is 4.86. The fraction of sp³-hybridized carbons (Fsp3) is 0.160. The van der Waals surface area contributed by atoms with Gasteiger partial charge in [-0.15, -0.1) is 11.3 Å². The first-order valence-electron chi connectivity index (χ1n) is 10.1. The van der Waals surface area contributed by atoms with Gasteiger partial charge in [0, 0.05) is 0 Å². The van der Waals surface area contributed by atoms with Gasteiger partial charge in [0.1, 0.15) is 0 Å². The van der Waals surface area contributed by atoms with Crippen molar-refractivity contribution in [1.82, 2.24) is 4.98 Å². The Bertz CT molecular complexity index is 1400. The Hall–Kier alpha value is -3.29. The third-order valence-electron chi connectivity index (χ3n) is 5.62. The van der Waals surface area contributed by atoms with Gasteiger partial charge in [-0.05, 0) is 55.0 Å². The Kier molecular flexibility index (Phi) is 4.95. The van der Waals surface area contributed by atoms with E-state index in [1.54, 1.807) is 17.5 Å². The first-order chi connectivity index (χ1) is 15.3. The highest BCUT2D eigenvalue weighted by molar-refractivity contribution is 7.22. The van der Waals surface area contributed by atoms with Crippen molar-refractivity contribution < 1.29 is 14.7 Å². The van der Waals surface area contributed by atoms with Crippen molar-refractivity contribution in [2.75, 3.05) is 4.90 Å². The first-order valence-corrected chi connectivity index (χ1v) is 11.8. The van der Waals surface area contributed by atoms with Gasteiger partial charge in [0.05, 0.1) is 26.7 Å². The van der Waals surface area contributed by atoms with E-state index in [2.05, 4.69) is 6.07 Å². The molecule has 2 aromatic carbocycles. The normalized spacial score (nSPS) is 16.4. The highest BCUT2D eigenvalue weighted by Crippen LogP contribution is 2.44. The molecule has 0 fully saturated rings. The molecule has 4 aromatic rings. The van der Waals surface area contributed by atoms with Gasteiger partial charge < -0.3 is 5.11 Å². The van der Waals surface area contributed by atoms with Crippen LogP contribution in [-0.4, -0.2) is 21.8 Å². The third kappa shape index (κ3) is 3.25. The summed E-state index contributed by atoms with van der Waals surface area (Å²) >= 11 is 2.68. The summed E-state index contributed by atoms with van der Waals surface area (Å²) in [6.07, 6.45) is 0. The van der Waals surface area contributed by atoms with Crippen LogP contribution < -0.4 is 4.90 Å². The van der Waals surface area contributed by atoms with Gasteiger partial charge in [0.15, 0.2) is 10.9 Å². The van der Waals surface area contributed by atoms with Gasteiger partial charge in [0.2, 0.25) is 5.78 Å². The number of carbonyl (C=O) groups is 2. The molecule has 1 amide bonds. The molecular formula is C25H20N2O3S2. The van der Waals surface area contributed by atoms with Gasteiger partial charge in [0.25, 0.3) is 5.91 Å². The van der Waals surface area contributed by atoms with Gasteiger partial charge in [-0.1, -0.05) is 53.3 Å². The first kappa shape index (κ1) is 20.6. The number of fused-ring (bicyclic) bond motifs is 1. The molecule has 0 aliphatic carbocycles. The van der Waals surface area contributed by atoms with Gasteiger partial charge in [-0.2, -0.15) is 0 Å². The van der Waals surface area contributed by atoms with Crippen LogP contribution in [0.25, 0.3) is 10.2 Å². The van der Waals surface area contributed by atoms with Gasteiger partial charge >= 0.3 is 0 Å². The number of hydrogen-bond donors (Lipinski definition) is 1. The smallest absolute Gasteiger partial charge is 0.296 e. The van der Waals surface area contributed by atoms with E-state index in [-0.39, 0.29) is 11.4 Å². The lowest BCUT2D eigenvalue weighted by Gasteiger charge is -2.24. The Morgan fingerprint density at radius 3 is 2.50 bits per heavy atom. The summed E-state index contributed by atoms with van der Waals surface area (Å²) in [5, 5.41) is 13.1. The lowest BCUT2D eigenvalue weighted by molar-refractivity contribution is -0.117. The SMILES string of the molecule is Cc1ccc([C@@H]2C(C(=O)c3cccs3)=C(O)C(=O)N2c2nc3c(C)cc(C)cc3s2)cc1. The number of anilines is 1. The van der Waals surface area contributed by atoms with Crippen molar-refractivity contribution in [3.8, 4) is 0 Å². The number of thiazole rings is 1. The molecule has 1 N–H and O–H groups in total. The van der Waals surface area contributed by atoms with Crippen molar-refractivity contribution >= 4 is 49.7 Å². The van der Waals surface area contributed by atoms with Crippen molar-refractivity contribution in [1.29, 1.82) is 0 Å². The lowest BCUT2D eigenvalue weighted by atomic mass is 9.95. The largest absolute Gasteiger partial charge is 0.503 e. The van der Waals surface area contributed by atoms with E-state index < -0.39 is 17.7 Å². The number of thiophene rings is 1. The second-order valence-electron chi connectivity index (χ2n) is 7.98. The van der Waals surface area contributed by atoms with Crippen LogP contribution in [0.15, 0.2) is 65.2 Å². The fourth-order valence-electron chi connectivity index (χ4n) is 4.10. The van der Waals surface area contributed by atoms with Crippen LogP contribution in [0.5, 0.6) is 0 Å². The Morgan fingerprint density at radius 2 is 1.81 bits per heavy atom. The predicted octanol–water partition coefficient (Wildman–Crippen LogP) is 6.07. The summed E-state index contributed by atoms with van der Waals surface area (Å²) in [5.74, 6) is -1.46. The van der Waals surface area contributed by atoms with Crippen LogP contribution >= 0.6 is 22.7 Å². The van der Waals surface area contributed by atoms with Gasteiger partial charge in [-0.3, -0.25) is 14.5 Å². The molecule has 0 radical (unpaired) electrons. The highest BCUT2D eigenvalue weighted by Gasteiger charge is 2.46. The standard InChI is InChI=1S/C25H20N2O3S2/c1-13-6-8-16(9-7-13)21-19(22(28)17-5-4-10-31-17)23(29)24(30)27(21)25-26-20-15(3)11-14(2)12-18(20)32-25/h4-12,21,29H,1-3H3/t21-/m1/s1. The van der Waals surface area contributed by atoms with Crippen LogP contribution in [-0.2, 0) is 4.79 Å². The molecule has 0 saturated heterocycles. The number of amides is 1. The number of Topliss-reactive ketones (excluding diaryl/α,β-unsaturated/α-hetero) is 1. The number of aliphatic hydroxyl groups is 1. The lowest BCUT2D eigenvalue weighted by Crippen LogP contribution is -2.30. The number of hydrogen-bond acceptors (Lipinski definition) is 6. The average molecular weight is 461 g/mol. The number of carbonyl (C=O) groups excluding carboxylic acids is 2. The summed E-state index contributed by atoms with van der Waals surface area (Å²) in [6.45, 7) is 5.99. The summed E-state index contributed by atoms with van der Waals surface area (Å²) in [7, 11) is 0. The van der Waals surface area contributed by atoms with Crippen molar-refractivity contribution in [2.45, 2.75) is 26.8 Å². The monoisotopic (exact) mass is 460 g/mol. The number of benzene rings is 2. The summed E-state index contributed by atoms with van der Waals surface area (Å²) < 4.78 is 0.963. The number of aromatic nitrogens is 1. The fourth-order valence-corrected chi connectivity index (χ4v) is 5.95. The molecule has 1 aliphatic heterocycles. The molecule has 0 saturated carbocycles. The molecule has 5 nitrogen and oxygen atoms in total. The average Bonchev–Trinajstić information content (AvgIpc) is 3.48. The molecule has 7 heteroatoms. The van der Waals surface area contributed by atoms with Gasteiger partial charge in [-0.25, -0.2) is 4.98 Å². The van der Waals surface area contributed by atoms with Crippen LogP contribution in [0.2, 0.25) is 0 Å². The zero-order chi connectivity index (χ0) is 22.6. The molecule has 2 aromatic heterocycles. The maximum atomic E-state index is 13.4. The van der Waals surface area contributed by atoms with E-state index in [4.69, 9.17) is 4.98 Å². The summed E-state index contributed by atoms with van der Waals surface area (Å²) in [4.78, 5) is 33.4. The number of aliphatic hydroxyl groups excluding tert-OH is 1. The molecule has 0 bridgehead atoms. The highest BCUT2D eigenvalue weighted by atomic mass is 32.1. The Labute approximate surface area is 193 Å². The molecule has 5 rings (SSSR count). The van der Waals surface area contributed by atoms with Crippen LogP contribution in [0.4, 0.5) is 5.13 Å². The van der Waals surface area contributed by atoms with Crippen LogP contribution in [0.1, 0.15) is 38.0 Å². The topological polar surface area (TPSA) is 70.5 Å². The Balaban J connectivity index is 1.70. The molecule has 1 atom stereocenters. The minimum Gasteiger partial charge on any atom is -0.503 e. The Morgan fingerprint density at radius 1 is 1.06 bits per heavy atom. The molecular weight excluding hydrogens is 440 g/mol. The molecule has 32 heavy (non-hydrogen) atoms. The minimum atomic E-state index is -0.750.